The molecular weight excluding hydrogens is 396 g/mol. The van der Waals surface area contributed by atoms with Crippen LogP contribution in [0.1, 0.15) is 0 Å². The zero-order valence-electron chi connectivity index (χ0n) is 16.1. The van der Waals surface area contributed by atoms with E-state index in [0.717, 1.165) is 33.8 Å². The number of anilines is 1. The molecule has 12 heteroatoms. The first-order chi connectivity index (χ1) is 15.4. The Labute approximate surface area is 174 Å². The highest BCUT2D eigenvalue weighted by molar-refractivity contribution is 6.00. The van der Waals surface area contributed by atoms with Gasteiger partial charge in [0.15, 0.2) is 5.82 Å². The van der Waals surface area contributed by atoms with Crippen molar-refractivity contribution in [2.75, 3.05) is 18.1 Å². The smallest absolute Gasteiger partial charge is 0.161 e. The van der Waals surface area contributed by atoms with Gasteiger partial charge in [-0.05, 0) is 18.2 Å². The van der Waals surface area contributed by atoms with Crippen molar-refractivity contribution in [1.82, 2.24) is 45.5 Å². The predicted octanol–water partition coefficient (Wildman–Crippen LogP) is 2.83. The molecule has 0 unspecified atom stereocenters. The number of imidazole rings is 1. The standard InChI is InChI=1S/C19H16N12/c1-2-12(20-4-1)17-14(11-3-5-23-27-11)16(18-21-6-7-22-18)15(13-10-25-29-28-13)19(26-17)31-9-8-24-30-31/h1-7,10,20H,8-9H2,(H,21,22)(H,23,27)(H,25,28,29). The van der Waals surface area contributed by atoms with Gasteiger partial charge in [0.05, 0.1) is 41.9 Å². The van der Waals surface area contributed by atoms with Crippen LogP contribution in [0.2, 0.25) is 0 Å². The zero-order chi connectivity index (χ0) is 20.6. The Morgan fingerprint density at radius 3 is 2.61 bits per heavy atom. The lowest BCUT2D eigenvalue weighted by molar-refractivity contribution is 0.912. The van der Waals surface area contributed by atoms with Gasteiger partial charge in [0.25, 0.3) is 0 Å². The minimum Gasteiger partial charge on any atom is -0.360 e. The van der Waals surface area contributed by atoms with Crippen LogP contribution in [0.5, 0.6) is 0 Å². The summed E-state index contributed by atoms with van der Waals surface area (Å²) < 4.78 is 0. The predicted molar refractivity (Wildman–Crippen MR) is 112 cm³/mol. The third-order valence-corrected chi connectivity index (χ3v) is 5.03. The van der Waals surface area contributed by atoms with Gasteiger partial charge in [0.1, 0.15) is 11.5 Å². The number of pyridine rings is 1. The molecule has 0 saturated heterocycles. The number of H-pyrrole nitrogens is 4. The molecule has 0 fully saturated rings. The van der Waals surface area contributed by atoms with Crippen molar-refractivity contribution in [2.24, 2.45) is 10.3 Å². The van der Waals surface area contributed by atoms with Crippen LogP contribution in [0.3, 0.4) is 0 Å². The second-order valence-electron chi connectivity index (χ2n) is 6.83. The second-order valence-corrected chi connectivity index (χ2v) is 6.83. The minimum absolute atomic E-state index is 0.593. The van der Waals surface area contributed by atoms with Gasteiger partial charge in [-0.3, -0.25) is 5.10 Å². The van der Waals surface area contributed by atoms with E-state index in [9.17, 15) is 0 Å². The monoisotopic (exact) mass is 412 g/mol. The van der Waals surface area contributed by atoms with E-state index in [4.69, 9.17) is 4.98 Å². The molecule has 0 radical (unpaired) electrons. The SMILES string of the molecule is c1c[nH]c(-c2nc(N3CCN=N3)c(-c3cn[nH]n3)c(-c3ncc[nH]3)c2-c2ccn[nH]2)c1. The highest BCUT2D eigenvalue weighted by atomic mass is 15.6. The maximum Gasteiger partial charge on any atom is 0.161 e. The normalized spacial score (nSPS) is 13.4. The van der Waals surface area contributed by atoms with Crippen molar-refractivity contribution in [3.05, 3.63) is 49.2 Å². The molecule has 5 aromatic rings. The van der Waals surface area contributed by atoms with E-state index in [2.05, 4.69) is 50.9 Å². The number of rotatable bonds is 5. The Morgan fingerprint density at radius 2 is 1.94 bits per heavy atom. The molecule has 4 N–H and O–H groups in total. The van der Waals surface area contributed by atoms with E-state index in [0.29, 0.717) is 30.4 Å². The Kier molecular flexibility index (Phi) is 3.91. The molecule has 31 heavy (non-hydrogen) atoms. The molecule has 0 amide bonds. The number of nitrogens with one attached hydrogen (secondary N) is 4. The van der Waals surface area contributed by atoms with Crippen LogP contribution in [0.25, 0.3) is 45.3 Å². The fourth-order valence-corrected chi connectivity index (χ4v) is 3.75. The highest BCUT2D eigenvalue weighted by Crippen LogP contribution is 2.46. The quantitative estimate of drug-likeness (QED) is 0.348. The summed E-state index contributed by atoms with van der Waals surface area (Å²) in [6.07, 6.45) is 8.72. The van der Waals surface area contributed by atoms with Gasteiger partial charge >= 0.3 is 0 Å². The van der Waals surface area contributed by atoms with E-state index >= 15 is 0 Å². The highest BCUT2D eigenvalue weighted by Gasteiger charge is 2.30. The third kappa shape index (κ3) is 2.80. The van der Waals surface area contributed by atoms with E-state index < -0.39 is 0 Å². The second kappa shape index (κ2) is 7.02. The van der Waals surface area contributed by atoms with Crippen molar-refractivity contribution in [3.63, 3.8) is 0 Å². The Morgan fingerprint density at radius 1 is 0.935 bits per heavy atom. The topological polar surface area (TPSA) is 156 Å². The van der Waals surface area contributed by atoms with Crippen molar-refractivity contribution in [2.45, 2.75) is 0 Å². The summed E-state index contributed by atoms with van der Waals surface area (Å²) in [7, 11) is 0. The van der Waals surface area contributed by atoms with Crippen LogP contribution in [-0.4, -0.2) is 58.6 Å². The summed E-state index contributed by atoms with van der Waals surface area (Å²) in [6, 6.07) is 5.80. The fourth-order valence-electron chi connectivity index (χ4n) is 3.75. The lowest BCUT2D eigenvalue weighted by atomic mass is 9.94. The van der Waals surface area contributed by atoms with Crippen molar-refractivity contribution in [3.8, 4) is 45.3 Å². The first-order valence-corrected chi connectivity index (χ1v) is 9.62. The zero-order valence-corrected chi connectivity index (χ0v) is 16.1. The summed E-state index contributed by atoms with van der Waals surface area (Å²) in [4.78, 5) is 16.1. The van der Waals surface area contributed by atoms with Crippen LogP contribution < -0.4 is 5.01 Å². The average Bonchev–Trinajstić information content (AvgIpc) is 3.65. The van der Waals surface area contributed by atoms with Gasteiger partial charge in [-0.15, -0.1) is 0 Å². The summed E-state index contributed by atoms with van der Waals surface area (Å²) in [5, 5.41) is 28.5. The molecule has 152 valence electrons. The lowest BCUT2D eigenvalue weighted by Gasteiger charge is -2.21. The van der Waals surface area contributed by atoms with Gasteiger partial charge in [-0.2, -0.15) is 25.6 Å². The van der Waals surface area contributed by atoms with Crippen molar-refractivity contribution >= 4 is 5.82 Å². The number of hydrogen-bond donors (Lipinski definition) is 4. The van der Waals surface area contributed by atoms with Gasteiger partial charge in [-0.1, -0.05) is 5.22 Å². The Hall–Kier alpha value is -4.61. The molecule has 1 aliphatic heterocycles. The van der Waals surface area contributed by atoms with Gasteiger partial charge in [-0.25, -0.2) is 15.0 Å². The van der Waals surface area contributed by atoms with E-state index in [-0.39, 0.29) is 0 Å². The van der Waals surface area contributed by atoms with Gasteiger partial charge in [0, 0.05) is 35.9 Å². The number of aromatic amines is 4. The van der Waals surface area contributed by atoms with E-state index in [1.54, 1.807) is 29.8 Å². The number of nitrogens with zero attached hydrogens (tertiary/aromatic N) is 8. The number of hydrogen-bond acceptors (Lipinski definition) is 8. The third-order valence-electron chi connectivity index (χ3n) is 5.03. The van der Waals surface area contributed by atoms with Crippen LogP contribution in [0.4, 0.5) is 5.82 Å². The van der Waals surface area contributed by atoms with Crippen LogP contribution >= 0.6 is 0 Å². The molecule has 0 spiro atoms. The molecule has 0 bridgehead atoms. The molecule has 0 atom stereocenters. The first kappa shape index (κ1) is 17.3. The molecule has 6 heterocycles. The Bertz CT molecular complexity index is 1320. The minimum atomic E-state index is 0.593. The summed E-state index contributed by atoms with van der Waals surface area (Å²) in [5.74, 6) is 1.28. The molecule has 0 saturated carbocycles. The largest absolute Gasteiger partial charge is 0.360 e. The fraction of sp³-hybridized carbons (Fsp3) is 0.105. The van der Waals surface area contributed by atoms with Crippen LogP contribution in [0, 0.1) is 0 Å². The van der Waals surface area contributed by atoms with Crippen LogP contribution in [0.15, 0.2) is 59.5 Å². The van der Waals surface area contributed by atoms with E-state index in [1.165, 1.54) is 0 Å². The first-order valence-electron chi connectivity index (χ1n) is 9.62. The summed E-state index contributed by atoms with van der Waals surface area (Å²) in [6.45, 7) is 1.21. The maximum atomic E-state index is 5.05. The van der Waals surface area contributed by atoms with Gasteiger partial charge in [0.2, 0.25) is 0 Å². The molecule has 0 aliphatic carbocycles. The summed E-state index contributed by atoms with van der Waals surface area (Å²) >= 11 is 0. The average molecular weight is 412 g/mol. The number of aromatic nitrogens is 9. The van der Waals surface area contributed by atoms with Crippen molar-refractivity contribution in [1.29, 1.82) is 0 Å². The molecule has 5 aromatic heterocycles. The molecule has 0 aromatic carbocycles. The van der Waals surface area contributed by atoms with Crippen LogP contribution in [-0.2, 0) is 0 Å². The Balaban J connectivity index is 1.78. The summed E-state index contributed by atoms with van der Waals surface area (Å²) in [5.41, 5.74) is 5.36. The van der Waals surface area contributed by atoms with Gasteiger partial charge < -0.3 is 9.97 Å². The maximum absolute atomic E-state index is 5.05. The molecule has 1 aliphatic rings. The van der Waals surface area contributed by atoms with Crippen molar-refractivity contribution < 1.29 is 0 Å². The van der Waals surface area contributed by atoms with E-state index in [1.807, 2.05) is 24.4 Å². The lowest BCUT2D eigenvalue weighted by Crippen LogP contribution is -2.18. The molecule has 12 nitrogen and oxygen atoms in total. The molecular formula is C19H16N12. The molecule has 6 rings (SSSR count).